The first-order valence-corrected chi connectivity index (χ1v) is 5.56. The summed E-state index contributed by atoms with van der Waals surface area (Å²) < 4.78 is 27.4. The van der Waals surface area contributed by atoms with Gasteiger partial charge < -0.3 is 5.73 Å². The average Bonchev–Trinajstić information content (AvgIpc) is 2.25. The first-order valence-electron chi connectivity index (χ1n) is 4.77. The Bertz CT molecular complexity index is 570. The third-order valence-corrected chi connectivity index (χ3v) is 2.95. The van der Waals surface area contributed by atoms with Gasteiger partial charge >= 0.3 is 0 Å². The van der Waals surface area contributed by atoms with Gasteiger partial charge in [0.05, 0.1) is 9.86 Å². The van der Waals surface area contributed by atoms with E-state index in [4.69, 9.17) is 5.73 Å². The quantitative estimate of drug-likeness (QED) is 0.816. The Morgan fingerprint density at radius 2 is 2.06 bits per heavy atom. The second-order valence-electron chi connectivity index (χ2n) is 3.43. The Hall–Kier alpha value is -1.23. The minimum absolute atomic E-state index is 0.0162. The molecule has 2 nitrogen and oxygen atoms in total. The van der Waals surface area contributed by atoms with E-state index in [1.165, 1.54) is 0 Å². The van der Waals surface area contributed by atoms with Crippen molar-refractivity contribution in [2.45, 2.75) is 13.3 Å². The van der Waals surface area contributed by atoms with Gasteiger partial charge in [-0.1, -0.05) is 6.92 Å². The van der Waals surface area contributed by atoms with Crippen LogP contribution in [0.1, 0.15) is 12.6 Å². The molecular weight excluding hydrogens is 278 g/mol. The third-order valence-electron chi connectivity index (χ3n) is 2.37. The summed E-state index contributed by atoms with van der Waals surface area (Å²) >= 11 is 2.94. The molecular formula is C11H9BrF2N2. The van der Waals surface area contributed by atoms with E-state index in [2.05, 4.69) is 20.9 Å². The van der Waals surface area contributed by atoms with Crippen LogP contribution < -0.4 is 5.73 Å². The Kier molecular flexibility index (Phi) is 2.80. The van der Waals surface area contributed by atoms with E-state index in [0.717, 1.165) is 6.07 Å². The molecule has 0 saturated heterocycles. The molecule has 0 radical (unpaired) electrons. The summed E-state index contributed by atoms with van der Waals surface area (Å²) in [5.74, 6) is -1.16. The monoisotopic (exact) mass is 286 g/mol. The first-order chi connectivity index (χ1) is 7.54. The molecule has 0 amide bonds. The van der Waals surface area contributed by atoms with E-state index < -0.39 is 11.6 Å². The molecule has 0 spiro atoms. The molecule has 1 heterocycles. The van der Waals surface area contributed by atoms with E-state index in [0.29, 0.717) is 12.1 Å². The molecule has 5 heteroatoms. The van der Waals surface area contributed by atoms with Gasteiger partial charge in [-0.3, -0.25) is 0 Å². The number of aryl methyl sites for hydroxylation is 1. The van der Waals surface area contributed by atoms with Gasteiger partial charge in [-0.2, -0.15) is 0 Å². The Morgan fingerprint density at radius 3 is 2.69 bits per heavy atom. The van der Waals surface area contributed by atoms with Crippen LogP contribution in [0.4, 0.5) is 14.5 Å². The minimum Gasteiger partial charge on any atom is -0.398 e. The standard InChI is InChI=1S/C11H9BrF2N2/c1-2-5-3-8(15)9-10(14)6(12)4-7(13)11(9)16-5/h3-4H,2H2,1H3,(H2,15,16). The number of anilines is 1. The lowest BCUT2D eigenvalue weighted by atomic mass is 10.1. The van der Waals surface area contributed by atoms with Gasteiger partial charge in [-0.25, -0.2) is 13.8 Å². The predicted molar refractivity (Wildman–Crippen MR) is 63.1 cm³/mol. The number of fused-ring (bicyclic) bond motifs is 1. The van der Waals surface area contributed by atoms with E-state index in [-0.39, 0.29) is 21.1 Å². The predicted octanol–water partition coefficient (Wildman–Crippen LogP) is 3.42. The maximum absolute atomic E-state index is 13.7. The number of hydrogen-bond acceptors (Lipinski definition) is 2. The van der Waals surface area contributed by atoms with E-state index in [1.54, 1.807) is 6.07 Å². The highest BCUT2D eigenvalue weighted by Crippen LogP contribution is 2.30. The zero-order valence-electron chi connectivity index (χ0n) is 8.52. The molecule has 84 valence electrons. The highest BCUT2D eigenvalue weighted by Gasteiger charge is 2.15. The maximum Gasteiger partial charge on any atom is 0.150 e. The van der Waals surface area contributed by atoms with Gasteiger partial charge in [0.2, 0.25) is 0 Å². The number of nitrogens with zero attached hydrogens (tertiary/aromatic N) is 1. The highest BCUT2D eigenvalue weighted by atomic mass is 79.9. The fourth-order valence-electron chi connectivity index (χ4n) is 1.57. The normalized spacial score (nSPS) is 11.0. The van der Waals surface area contributed by atoms with Crippen LogP contribution in [0.5, 0.6) is 0 Å². The molecule has 1 aromatic heterocycles. The van der Waals surface area contributed by atoms with Gasteiger partial charge in [0.15, 0.2) is 5.82 Å². The lowest BCUT2D eigenvalue weighted by molar-refractivity contribution is 0.609. The van der Waals surface area contributed by atoms with Crippen LogP contribution in [0.3, 0.4) is 0 Å². The van der Waals surface area contributed by atoms with Gasteiger partial charge in [-0.15, -0.1) is 0 Å². The summed E-state index contributed by atoms with van der Waals surface area (Å²) in [5, 5.41) is 0.0316. The van der Waals surface area contributed by atoms with Crippen LogP contribution in [0.15, 0.2) is 16.6 Å². The van der Waals surface area contributed by atoms with E-state index >= 15 is 0 Å². The number of aromatic nitrogens is 1. The second kappa shape index (κ2) is 3.97. The van der Waals surface area contributed by atoms with Crippen molar-refractivity contribution in [2.75, 3.05) is 5.73 Å². The largest absolute Gasteiger partial charge is 0.398 e. The molecule has 0 saturated carbocycles. The molecule has 0 aliphatic rings. The number of hydrogen-bond donors (Lipinski definition) is 1. The van der Waals surface area contributed by atoms with Crippen molar-refractivity contribution < 1.29 is 8.78 Å². The number of nitrogen functional groups attached to an aromatic ring is 1. The van der Waals surface area contributed by atoms with Crippen molar-refractivity contribution in [2.24, 2.45) is 0 Å². The van der Waals surface area contributed by atoms with Gasteiger partial charge in [-0.05, 0) is 34.5 Å². The van der Waals surface area contributed by atoms with Crippen molar-refractivity contribution in [1.29, 1.82) is 0 Å². The number of pyridine rings is 1. The molecule has 0 unspecified atom stereocenters. The van der Waals surface area contributed by atoms with Crippen LogP contribution in [0.2, 0.25) is 0 Å². The van der Waals surface area contributed by atoms with Gasteiger partial charge in [0, 0.05) is 11.4 Å². The summed E-state index contributed by atoms with van der Waals surface area (Å²) in [6, 6.07) is 2.63. The molecule has 0 atom stereocenters. The fraction of sp³-hybridized carbons (Fsp3) is 0.182. The van der Waals surface area contributed by atoms with Crippen molar-refractivity contribution in [3.8, 4) is 0 Å². The van der Waals surface area contributed by atoms with Gasteiger partial charge in [0.25, 0.3) is 0 Å². The number of halogens is 3. The summed E-state index contributed by atoms with van der Waals surface area (Å²) in [5.41, 5.74) is 6.54. The molecule has 16 heavy (non-hydrogen) atoms. The van der Waals surface area contributed by atoms with Gasteiger partial charge in [0.1, 0.15) is 11.3 Å². The molecule has 2 rings (SSSR count). The molecule has 2 N–H and O–H groups in total. The summed E-state index contributed by atoms with van der Waals surface area (Å²) in [6.45, 7) is 1.88. The van der Waals surface area contributed by atoms with Crippen LogP contribution in [-0.4, -0.2) is 4.98 Å². The Balaban J connectivity index is 2.94. The summed E-state index contributed by atoms with van der Waals surface area (Å²) in [4.78, 5) is 4.04. The van der Waals surface area contributed by atoms with E-state index in [1.807, 2.05) is 6.92 Å². The zero-order chi connectivity index (χ0) is 11.9. The SMILES string of the molecule is CCc1cc(N)c2c(F)c(Br)cc(F)c2n1. The van der Waals surface area contributed by atoms with Crippen LogP contribution in [0.25, 0.3) is 10.9 Å². The first kappa shape index (κ1) is 11.3. The van der Waals surface area contributed by atoms with Crippen molar-refractivity contribution in [3.05, 3.63) is 33.9 Å². The lowest BCUT2D eigenvalue weighted by Gasteiger charge is -2.08. The maximum atomic E-state index is 13.7. The topological polar surface area (TPSA) is 38.9 Å². The zero-order valence-corrected chi connectivity index (χ0v) is 10.1. The van der Waals surface area contributed by atoms with Crippen molar-refractivity contribution >= 4 is 32.5 Å². The number of rotatable bonds is 1. The third kappa shape index (κ3) is 1.65. The minimum atomic E-state index is -0.580. The molecule has 1 aromatic carbocycles. The lowest BCUT2D eigenvalue weighted by Crippen LogP contribution is -1.99. The van der Waals surface area contributed by atoms with Crippen LogP contribution >= 0.6 is 15.9 Å². The van der Waals surface area contributed by atoms with Crippen LogP contribution in [0, 0.1) is 11.6 Å². The Labute approximate surface area is 99.6 Å². The van der Waals surface area contributed by atoms with Crippen molar-refractivity contribution in [3.63, 3.8) is 0 Å². The molecule has 0 aliphatic heterocycles. The van der Waals surface area contributed by atoms with Crippen LogP contribution in [-0.2, 0) is 6.42 Å². The second-order valence-corrected chi connectivity index (χ2v) is 4.29. The van der Waals surface area contributed by atoms with Crippen molar-refractivity contribution in [1.82, 2.24) is 4.98 Å². The molecule has 0 bridgehead atoms. The molecule has 0 fully saturated rings. The summed E-state index contributed by atoms with van der Waals surface area (Å²) in [7, 11) is 0. The molecule has 0 aliphatic carbocycles. The smallest absolute Gasteiger partial charge is 0.150 e. The van der Waals surface area contributed by atoms with E-state index in [9.17, 15) is 8.78 Å². The average molecular weight is 287 g/mol. The highest BCUT2D eigenvalue weighted by molar-refractivity contribution is 9.10. The summed E-state index contributed by atoms with van der Waals surface area (Å²) in [6.07, 6.45) is 0.622. The number of nitrogens with two attached hydrogens (primary N) is 1. The fourth-order valence-corrected chi connectivity index (χ4v) is 1.97. The molecule has 2 aromatic rings. The Morgan fingerprint density at radius 1 is 1.38 bits per heavy atom. The number of benzene rings is 1.